The first-order chi connectivity index (χ1) is 11.1. The van der Waals surface area contributed by atoms with Crippen LogP contribution in [0.4, 0.5) is 26.3 Å². The Morgan fingerprint density at radius 2 is 1.27 bits per heavy atom. The van der Waals surface area contributed by atoms with E-state index in [-0.39, 0.29) is 40.1 Å². The summed E-state index contributed by atoms with van der Waals surface area (Å²) in [6.45, 7) is 0. The van der Waals surface area contributed by atoms with Crippen LogP contribution in [0, 0.1) is 0 Å². The average Bonchev–Trinajstić information content (AvgIpc) is 2.83. The van der Waals surface area contributed by atoms with Gasteiger partial charge in [-0.1, -0.05) is 0 Å². The van der Waals surface area contributed by atoms with E-state index in [1.165, 1.54) is 0 Å². The van der Waals surface area contributed by atoms with Crippen molar-refractivity contribution in [3.63, 3.8) is 0 Å². The second kappa shape index (κ2) is 8.07. The summed E-state index contributed by atoms with van der Waals surface area (Å²) in [5.74, 6) is 0. The number of rotatable bonds is 1. The maximum atomic E-state index is 13.0. The molecule has 0 N–H and O–H groups in total. The van der Waals surface area contributed by atoms with Crippen molar-refractivity contribution in [1.82, 2.24) is 0 Å². The molecule has 0 spiro atoms. The summed E-state index contributed by atoms with van der Waals surface area (Å²) in [6, 6.07) is 8.99. The fourth-order valence-corrected chi connectivity index (χ4v) is 3.96. The molecule has 0 amide bonds. The van der Waals surface area contributed by atoms with Crippen molar-refractivity contribution >= 4 is 36.5 Å². The van der Waals surface area contributed by atoms with Gasteiger partial charge in [-0.15, -0.1) is 24.8 Å². The van der Waals surface area contributed by atoms with Crippen LogP contribution in [0.15, 0.2) is 42.5 Å². The Kier molecular flexibility index (Phi) is 7.22. The van der Waals surface area contributed by atoms with E-state index >= 15 is 0 Å². The van der Waals surface area contributed by atoms with Crippen molar-refractivity contribution in [2.75, 3.05) is 0 Å². The second-order valence-electron chi connectivity index (χ2n) is 5.46. The van der Waals surface area contributed by atoms with E-state index in [2.05, 4.69) is 0 Å². The van der Waals surface area contributed by atoms with Gasteiger partial charge in [-0.3, -0.25) is 0 Å². The second-order valence-corrected chi connectivity index (χ2v) is 6.88. The minimum absolute atomic E-state index is 0. The maximum absolute atomic E-state index is 13.0. The molecule has 0 aliphatic heterocycles. The Hall–Kier alpha value is -0.777. The number of alkyl halides is 6. The topological polar surface area (TPSA) is 0 Å². The van der Waals surface area contributed by atoms with Crippen LogP contribution in [0.5, 0.6) is 0 Å². The Bertz CT molecular complexity index is 794. The Morgan fingerprint density at radius 3 is 1.73 bits per heavy atom. The third-order valence-electron chi connectivity index (χ3n) is 3.85. The number of hydrogen-bond acceptors (Lipinski definition) is 0. The van der Waals surface area contributed by atoms with E-state index in [0.29, 0.717) is 5.57 Å². The van der Waals surface area contributed by atoms with Gasteiger partial charge in [0.05, 0.1) is 0 Å². The minimum atomic E-state index is -4.83. The zero-order valence-electron chi connectivity index (χ0n) is 12.8. The van der Waals surface area contributed by atoms with Gasteiger partial charge in [-0.2, -0.15) is 0 Å². The van der Waals surface area contributed by atoms with Crippen molar-refractivity contribution < 1.29 is 51.1 Å². The Balaban J connectivity index is 0.00000169. The predicted octanol–water partition coefficient (Wildman–Crippen LogP) is 6.71. The van der Waals surface area contributed by atoms with Gasteiger partial charge in [0.15, 0.2) is 0 Å². The molecule has 0 heterocycles. The Labute approximate surface area is 173 Å². The van der Waals surface area contributed by atoms with Crippen LogP contribution in [-0.2, 0) is 37.1 Å². The van der Waals surface area contributed by atoms with Crippen LogP contribution in [0.3, 0.4) is 0 Å². The standard InChI is InChI=1S/C17H9F6.2ClH.Zr/c18-16(19,20)14-7-13(8-15(9-14)17(21,22)23)12-5-10-3-1-2-4-11(10)6-12;;;/h1-9H;2*1H;. The van der Waals surface area contributed by atoms with Crippen LogP contribution in [-0.4, -0.2) is 0 Å². The van der Waals surface area contributed by atoms with Crippen LogP contribution in [0.1, 0.15) is 31.4 Å². The quantitative estimate of drug-likeness (QED) is 0.389. The first-order valence-electron chi connectivity index (χ1n) is 6.89. The van der Waals surface area contributed by atoms with E-state index in [0.717, 1.165) is 48.0 Å². The molecule has 26 heavy (non-hydrogen) atoms. The average molecular weight is 491 g/mol. The van der Waals surface area contributed by atoms with Crippen molar-refractivity contribution in [3.05, 3.63) is 70.3 Å². The monoisotopic (exact) mass is 489 g/mol. The van der Waals surface area contributed by atoms with Crippen molar-refractivity contribution in [1.29, 1.82) is 0 Å². The zero-order valence-corrected chi connectivity index (χ0v) is 16.9. The first-order valence-corrected chi connectivity index (χ1v) is 8.31. The zero-order chi connectivity index (χ0) is 17.7. The molecule has 1 aliphatic carbocycles. The molecule has 0 saturated carbocycles. The summed E-state index contributed by atoms with van der Waals surface area (Å²) in [4.78, 5) is 0. The molecule has 0 bridgehead atoms. The number of fused-ring (bicyclic) bond motifs is 1. The molecule has 2 aromatic rings. The van der Waals surface area contributed by atoms with Gasteiger partial charge in [0.2, 0.25) is 0 Å². The third kappa shape index (κ3) is 4.55. The van der Waals surface area contributed by atoms with Gasteiger partial charge in [0, 0.05) is 0 Å². The van der Waals surface area contributed by atoms with E-state index in [1.54, 1.807) is 24.3 Å². The molecule has 0 saturated heterocycles. The predicted molar refractivity (Wildman–Crippen MR) is 88.0 cm³/mol. The fraction of sp³-hybridized carbons (Fsp3) is 0.176. The molecule has 0 nitrogen and oxygen atoms in total. The summed E-state index contributed by atoms with van der Waals surface area (Å²) in [7, 11) is 0. The summed E-state index contributed by atoms with van der Waals surface area (Å²) >= 11 is 1.01. The number of hydrogen-bond donors (Lipinski definition) is 0. The first kappa shape index (κ1) is 23.3. The van der Waals surface area contributed by atoms with Crippen LogP contribution in [0.2, 0.25) is 0 Å². The summed E-state index contributed by atoms with van der Waals surface area (Å²) in [6.07, 6.45) is -8.00. The van der Waals surface area contributed by atoms with E-state index in [4.69, 9.17) is 0 Å². The molecular weight excluding hydrogens is 480 g/mol. The van der Waals surface area contributed by atoms with Crippen LogP contribution >= 0.6 is 24.8 Å². The fourth-order valence-electron chi connectivity index (χ4n) is 2.70. The molecule has 0 fully saturated rings. The molecule has 1 aliphatic rings. The molecule has 2 aromatic carbocycles. The Morgan fingerprint density at radius 1 is 0.769 bits per heavy atom. The van der Waals surface area contributed by atoms with Crippen molar-refractivity contribution in [2.24, 2.45) is 0 Å². The molecular formula is C17H11Cl2F6Zr. The van der Waals surface area contributed by atoms with Crippen LogP contribution < -0.4 is 0 Å². The van der Waals surface area contributed by atoms with Crippen molar-refractivity contribution in [3.8, 4) is 0 Å². The van der Waals surface area contributed by atoms with Gasteiger partial charge < -0.3 is 0 Å². The molecule has 0 aromatic heterocycles. The third-order valence-corrected chi connectivity index (χ3v) is 5.38. The normalized spacial score (nSPS) is 16.2. The molecule has 0 radical (unpaired) electrons. The summed E-state index contributed by atoms with van der Waals surface area (Å²) in [5.41, 5.74) is -0.350. The summed E-state index contributed by atoms with van der Waals surface area (Å²) in [5, 5.41) is 0. The SMILES string of the molecule is Cl.Cl.FC(F)(F)c1cc(C2=Cc3ccccc3[C@@H]2[Zr])cc(C(F)(F)F)c1. The van der Waals surface area contributed by atoms with Crippen molar-refractivity contribution in [2.45, 2.75) is 16.0 Å². The molecule has 0 unspecified atom stereocenters. The molecule has 139 valence electrons. The van der Waals surface area contributed by atoms with E-state index in [1.807, 2.05) is 6.07 Å². The molecule has 9 heteroatoms. The van der Waals surface area contributed by atoms with E-state index in [9.17, 15) is 26.3 Å². The molecule has 1 atom stereocenters. The van der Waals surface area contributed by atoms with Crippen LogP contribution in [0.25, 0.3) is 11.6 Å². The number of halogens is 8. The van der Waals surface area contributed by atoms with Gasteiger partial charge >= 0.3 is 149 Å². The van der Waals surface area contributed by atoms with Gasteiger partial charge in [-0.25, -0.2) is 0 Å². The number of allylic oxidation sites excluding steroid dienone is 1. The summed E-state index contributed by atoms with van der Waals surface area (Å²) < 4.78 is 77.8. The van der Waals surface area contributed by atoms with Gasteiger partial charge in [0.1, 0.15) is 0 Å². The molecule has 3 rings (SSSR count). The number of benzene rings is 2. The van der Waals surface area contributed by atoms with Gasteiger partial charge in [0.25, 0.3) is 0 Å². The van der Waals surface area contributed by atoms with E-state index < -0.39 is 23.5 Å². The van der Waals surface area contributed by atoms with Gasteiger partial charge in [-0.05, 0) is 0 Å².